The molecule has 2 N–H and O–H groups in total. The summed E-state index contributed by atoms with van der Waals surface area (Å²) in [5.41, 5.74) is -3.45. The number of hydrogen-bond donors (Lipinski definition) is 2. The van der Waals surface area contributed by atoms with E-state index in [0.717, 1.165) is 0 Å². The summed E-state index contributed by atoms with van der Waals surface area (Å²) in [6.45, 7) is 0.395. The van der Waals surface area contributed by atoms with E-state index in [9.17, 15) is 40.0 Å². The van der Waals surface area contributed by atoms with Crippen LogP contribution < -0.4 is 0 Å². The smallest absolute Gasteiger partial charge is 0.306 e. The van der Waals surface area contributed by atoms with Crippen molar-refractivity contribution >= 4 is 11.9 Å². The average Bonchev–Trinajstić information content (AvgIpc) is 2.67. The van der Waals surface area contributed by atoms with Gasteiger partial charge < -0.3 is 19.7 Å². The van der Waals surface area contributed by atoms with Gasteiger partial charge in [0.25, 0.3) is 11.1 Å². The second-order valence-electron chi connectivity index (χ2n) is 6.51. The van der Waals surface area contributed by atoms with Crippen LogP contribution in [0.15, 0.2) is 0 Å². The number of nitrogens with zero attached hydrogens (tertiary/aromatic N) is 2. The van der Waals surface area contributed by atoms with Crippen LogP contribution >= 0.6 is 0 Å². The third-order valence-electron chi connectivity index (χ3n) is 4.69. The molecule has 0 aromatic carbocycles. The van der Waals surface area contributed by atoms with Gasteiger partial charge in [0.2, 0.25) is 0 Å². The molecule has 0 fully saturated rings. The van der Waals surface area contributed by atoms with Crippen LogP contribution in [0.3, 0.4) is 0 Å². The number of ether oxygens (including phenoxy) is 2. The number of nitro groups is 2. The molecule has 0 aliphatic heterocycles. The van der Waals surface area contributed by atoms with Gasteiger partial charge in [-0.25, -0.2) is 0 Å². The number of carbonyl (C=O) groups is 2. The average molecular weight is 408 g/mol. The van der Waals surface area contributed by atoms with Crippen LogP contribution in [0, 0.1) is 20.2 Å². The van der Waals surface area contributed by atoms with Crippen molar-refractivity contribution in [1.82, 2.24) is 0 Å². The zero-order valence-electron chi connectivity index (χ0n) is 16.1. The summed E-state index contributed by atoms with van der Waals surface area (Å²) in [6, 6.07) is 0. The van der Waals surface area contributed by atoms with Gasteiger partial charge in [0.05, 0.1) is 0 Å². The summed E-state index contributed by atoms with van der Waals surface area (Å²) in [6.07, 6.45) is 0.318. The van der Waals surface area contributed by atoms with Crippen molar-refractivity contribution in [2.45, 2.75) is 63.5 Å². The Morgan fingerprint density at radius 3 is 1.36 bits per heavy atom. The SMILES string of the molecule is CCC(CO)(COC(=O)CCCCC(=O)OCC(CC)(CO)[N+](=O)[O-])[N+](=O)[O-]. The molecule has 0 heterocycles. The van der Waals surface area contributed by atoms with Gasteiger partial charge in [-0.05, 0) is 12.8 Å². The van der Waals surface area contributed by atoms with E-state index in [1.807, 2.05) is 0 Å². The summed E-state index contributed by atoms with van der Waals surface area (Å²) >= 11 is 0. The lowest BCUT2D eigenvalue weighted by Crippen LogP contribution is -2.46. The number of rotatable bonds is 15. The van der Waals surface area contributed by atoms with Crippen LogP contribution in [-0.4, -0.2) is 69.5 Å². The zero-order valence-corrected chi connectivity index (χ0v) is 16.1. The molecule has 0 saturated carbocycles. The van der Waals surface area contributed by atoms with E-state index in [0.29, 0.717) is 0 Å². The van der Waals surface area contributed by atoms with Gasteiger partial charge in [-0.2, -0.15) is 0 Å². The van der Waals surface area contributed by atoms with Crippen LogP contribution in [0.1, 0.15) is 52.4 Å². The predicted molar refractivity (Wildman–Crippen MR) is 94.6 cm³/mol. The molecule has 0 rings (SSSR count). The minimum Gasteiger partial charge on any atom is -0.458 e. The maximum Gasteiger partial charge on any atom is 0.306 e. The number of carbonyl (C=O) groups excluding carboxylic acids is 2. The van der Waals surface area contributed by atoms with Gasteiger partial charge in [-0.1, -0.05) is 13.8 Å². The summed E-state index contributed by atoms with van der Waals surface area (Å²) < 4.78 is 9.69. The highest BCUT2D eigenvalue weighted by Gasteiger charge is 2.43. The lowest BCUT2D eigenvalue weighted by Gasteiger charge is -2.21. The van der Waals surface area contributed by atoms with E-state index < -0.39 is 59.3 Å². The lowest BCUT2D eigenvalue weighted by molar-refractivity contribution is -0.577. The molecular weight excluding hydrogens is 380 g/mol. The first-order valence-electron chi connectivity index (χ1n) is 8.95. The van der Waals surface area contributed by atoms with Gasteiger partial charge in [0.15, 0.2) is 13.2 Å². The van der Waals surface area contributed by atoms with Crippen LogP contribution in [0.5, 0.6) is 0 Å². The van der Waals surface area contributed by atoms with E-state index in [1.165, 1.54) is 13.8 Å². The highest BCUT2D eigenvalue weighted by molar-refractivity contribution is 5.70. The van der Waals surface area contributed by atoms with E-state index in [-0.39, 0.29) is 38.5 Å². The fourth-order valence-corrected chi connectivity index (χ4v) is 2.11. The van der Waals surface area contributed by atoms with E-state index in [2.05, 4.69) is 0 Å². The molecular formula is C16H28N2O10. The second-order valence-corrected chi connectivity index (χ2v) is 6.51. The molecule has 0 spiro atoms. The van der Waals surface area contributed by atoms with E-state index in [4.69, 9.17) is 9.47 Å². The summed E-state index contributed by atoms with van der Waals surface area (Å²) in [5.74, 6) is -1.39. The summed E-state index contributed by atoms with van der Waals surface area (Å²) in [5, 5.41) is 40.3. The third-order valence-corrected chi connectivity index (χ3v) is 4.69. The molecule has 2 unspecified atom stereocenters. The van der Waals surface area contributed by atoms with Crippen LogP contribution in [-0.2, 0) is 19.1 Å². The molecule has 0 amide bonds. The molecule has 12 nitrogen and oxygen atoms in total. The number of unbranched alkanes of at least 4 members (excludes halogenated alkanes) is 1. The molecule has 0 bridgehead atoms. The van der Waals surface area contributed by atoms with Crippen molar-refractivity contribution in [2.75, 3.05) is 26.4 Å². The number of esters is 2. The van der Waals surface area contributed by atoms with Gasteiger partial charge in [0.1, 0.15) is 13.2 Å². The number of hydrogen-bond acceptors (Lipinski definition) is 10. The maximum atomic E-state index is 11.7. The first-order chi connectivity index (χ1) is 13.1. The van der Waals surface area contributed by atoms with Crippen molar-refractivity contribution in [3.05, 3.63) is 20.2 Å². The largest absolute Gasteiger partial charge is 0.458 e. The molecule has 2 atom stereocenters. The first kappa shape index (κ1) is 25.7. The Bertz CT molecular complexity index is 496. The Morgan fingerprint density at radius 2 is 1.14 bits per heavy atom. The summed E-state index contributed by atoms with van der Waals surface area (Å²) in [4.78, 5) is 43.9. The molecule has 162 valence electrons. The van der Waals surface area contributed by atoms with Gasteiger partial charge >= 0.3 is 11.9 Å². The maximum absolute atomic E-state index is 11.7. The van der Waals surface area contributed by atoms with E-state index >= 15 is 0 Å². The predicted octanol–water partition coefficient (Wildman–Crippen LogP) is 0.469. The van der Waals surface area contributed by atoms with Crippen molar-refractivity contribution in [2.24, 2.45) is 0 Å². The molecule has 0 radical (unpaired) electrons. The fourth-order valence-electron chi connectivity index (χ4n) is 2.11. The molecule has 0 aliphatic carbocycles. The topological polar surface area (TPSA) is 179 Å². The Kier molecular flexibility index (Phi) is 11.2. The Morgan fingerprint density at radius 1 is 0.821 bits per heavy atom. The second kappa shape index (κ2) is 12.2. The third kappa shape index (κ3) is 7.35. The highest BCUT2D eigenvalue weighted by Crippen LogP contribution is 2.17. The normalized spacial score (nSPS) is 15.1. The molecule has 12 heteroatoms. The van der Waals surface area contributed by atoms with Gasteiger partial charge in [0, 0.05) is 35.5 Å². The lowest BCUT2D eigenvalue weighted by atomic mass is 10.00. The van der Waals surface area contributed by atoms with Crippen molar-refractivity contribution in [3.8, 4) is 0 Å². The Hall–Kier alpha value is -2.34. The highest BCUT2D eigenvalue weighted by atomic mass is 16.6. The molecule has 0 aliphatic rings. The quantitative estimate of drug-likeness (QED) is 0.167. The summed E-state index contributed by atoms with van der Waals surface area (Å²) in [7, 11) is 0. The molecule has 0 aromatic rings. The van der Waals surface area contributed by atoms with Crippen molar-refractivity contribution < 1.29 is 39.1 Å². The Balaban J connectivity index is 4.22. The minimum atomic E-state index is -1.73. The van der Waals surface area contributed by atoms with Gasteiger partial charge in [-0.3, -0.25) is 29.8 Å². The number of aliphatic hydroxyl groups excluding tert-OH is 2. The molecule has 0 saturated heterocycles. The monoisotopic (exact) mass is 408 g/mol. The van der Waals surface area contributed by atoms with Gasteiger partial charge in [-0.15, -0.1) is 0 Å². The van der Waals surface area contributed by atoms with E-state index in [1.54, 1.807) is 0 Å². The van der Waals surface area contributed by atoms with Crippen molar-refractivity contribution in [3.63, 3.8) is 0 Å². The van der Waals surface area contributed by atoms with Crippen LogP contribution in [0.25, 0.3) is 0 Å². The Labute approximate surface area is 162 Å². The fraction of sp³-hybridized carbons (Fsp3) is 0.875. The number of aliphatic hydroxyl groups is 2. The molecule has 28 heavy (non-hydrogen) atoms. The molecule has 0 aromatic heterocycles. The van der Waals surface area contributed by atoms with Crippen LogP contribution in [0.2, 0.25) is 0 Å². The standard InChI is InChI=1S/C16H28N2O10/c1-3-15(9-19,17(23)24)11-27-13(21)7-5-6-8-14(22)28-12-16(4-2,10-20)18(25)26/h19-20H,3-12H2,1-2H3. The zero-order chi connectivity index (χ0) is 21.8. The van der Waals surface area contributed by atoms with Crippen LogP contribution in [0.4, 0.5) is 0 Å². The minimum absolute atomic E-state index is 0.00708. The van der Waals surface area contributed by atoms with Crippen molar-refractivity contribution in [1.29, 1.82) is 0 Å². The first-order valence-corrected chi connectivity index (χ1v) is 8.95.